The van der Waals surface area contributed by atoms with Crippen molar-refractivity contribution in [1.29, 1.82) is 0 Å². The fourth-order valence-electron chi connectivity index (χ4n) is 1.55. The van der Waals surface area contributed by atoms with Gasteiger partial charge in [0.05, 0.1) is 4.92 Å². The van der Waals surface area contributed by atoms with Gasteiger partial charge in [0.15, 0.2) is 5.03 Å². The lowest BCUT2D eigenvalue weighted by atomic mass is 10.3. The number of carbonyl (C=O) groups is 1. The summed E-state index contributed by atoms with van der Waals surface area (Å²) in [7, 11) is 0. The number of nitrogens with zero attached hydrogens (tertiary/aromatic N) is 1. The largest absolute Gasteiger partial charge is 0.418 e. The van der Waals surface area contributed by atoms with E-state index in [1.807, 2.05) is 0 Å². The molecule has 1 aliphatic rings. The van der Waals surface area contributed by atoms with Gasteiger partial charge in [-0.3, -0.25) is 10.1 Å². The quantitative estimate of drug-likeness (QED) is 0.299. The summed E-state index contributed by atoms with van der Waals surface area (Å²) in [5, 5.41) is 14.2. The Morgan fingerprint density at radius 2 is 2.11 bits per heavy atom. The number of nitrogens with one attached hydrogen (secondary N) is 1. The molecule has 0 unspecified atom stereocenters. The van der Waals surface area contributed by atoms with Gasteiger partial charge >= 0.3 is 11.7 Å². The fraction of sp³-hybridized carbons (Fsp3) is 0.250. The SMILES string of the molecule is O=C(Oc1ccccc1)/C(=C1\NCCCS1)[N+](=O)[O-]. The van der Waals surface area contributed by atoms with Crippen LogP contribution in [0, 0.1) is 10.1 Å². The Balaban J connectivity index is 2.20. The molecule has 1 heterocycles. The highest BCUT2D eigenvalue weighted by molar-refractivity contribution is 8.03. The summed E-state index contributed by atoms with van der Waals surface area (Å²) in [6, 6.07) is 8.29. The van der Waals surface area contributed by atoms with Crippen molar-refractivity contribution in [3.63, 3.8) is 0 Å². The maximum atomic E-state index is 11.9. The van der Waals surface area contributed by atoms with Gasteiger partial charge in [-0.15, -0.1) is 11.8 Å². The van der Waals surface area contributed by atoms with E-state index in [1.54, 1.807) is 30.3 Å². The Bertz CT molecular complexity index is 508. The summed E-state index contributed by atoms with van der Waals surface area (Å²) in [5.74, 6) is 0.0829. The molecule has 1 aromatic carbocycles. The second-order valence-corrected chi connectivity index (χ2v) is 4.87. The lowest BCUT2D eigenvalue weighted by molar-refractivity contribution is -0.421. The zero-order valence-electron chi connectivity index (χ0n) is 10.00. The molecule has 1 aliphatic heterocycles. The number of thioether (sulfide) groups is 1. The van der Waals surface area contributed by atoms with Crippen LogP contribution in [0.4, 0.5) is 0 Å². The molecule has 2 rings (SSSR count). The third-order valence-electron chi connectivity index (χ3n) is 2.40. The first-order valence-corrected chi connectivity index (χ1v) is 6.69. The molecule has 0 aromatic heterocycles. The molecule has 1 fully saturated rings. The molecule has 0 saturated carbocycles. The Labute approximate surface area is 114 Å². The average Bonchev–Trinajstić information content (AvgIpc) is 2.40. The number of carbonyl (C=O) groups excluding carboxylic acids is 1. The van der Waals surface area contributed by atoms with Crippen LogP contribution in [-0.2, 0) is 4.79 Å². The lowest BCUT2D eigenvalue weighted by Gasteiger charge is -2.15. The van der Waals surface area contributed by atoms with Gasteiger partial charge in [-0.2, -0.15) is 0 Å². The van der Waals surface area contributed by atoms with Crippen molar-refractivity contribution in [3.8, 4) is 5.75 Å². The van der Waals surface area contributed by atoms with E-state index in [4.69, 9.17) is 4.74 Å². The number of ether oxygens (including phenoxy) is 1. The van der Waals surface area contributed by atoms with Crippen molar-refractivity contribution < 1.29 is 14.5 Å². The maximum absolute atomic E-state index is 11.9. The monoisotopic (exact) mass is 280 g/mol. The zero-order valence-corrected chi connectivity index (χ0v) is 10.8. The van der Waals surface area contributed by atoms with Crippen LogP contribution in [0.5, 0.6) is 5.75 Å². The number of para-hydroxylation sites is 1. The van der Waals surface area contributed by atoms with Crippen molar-refractivity contribution >= 4 is 17.7 Å². The highest BCUT2D eigenvalue weighted by atomic mass is 32.2. The van der Waals surface area contributed by atoms with Gasteiger partial charge in [-0.1, -0.05) is 18.2 Å². The predicted molar refractivity (Wildman–Crippen MR) is 71.2 cm³/mol. The molecule has 1 aromatic rings. The third kappa shape index (κ3) is 3.47. The first kappa shape index (κ1) is 13.4. The van der Waals surface area contributed by atoms with Crippen molar-refractivity contribution in [2.75, 3.05) is 12.3 Å². The fourth-order valence-corrected chi connectivity index (χ4v) is 2.54. The molecule has 100 valence electrons. The minimum Gasteiger partial charge on any atom is -0.418 e. The van der Waals surface area contributed by atoms with Crippen LogP contribution in [0.15, 0.2) is 41.1 Å². The Morgan fingerprint density at radius 1 is 1.37 bits per heavy atom. The summed E-state index contributed by atoms with van der Waals surface area (Å²) >= 11 is 1.26. The van der Waals surface area contributed by atoms with Crippen molar-refractivity contribution in [1.82, 2.24) is 5.32 Å². The molecule has 6 nitrogen and oxygen atoms in total. The lowest BCUT2D eigenvalue weighted by Crippen LogP contribution is -2.27. The van der Waals surface area contributed by atoms with Gasteiger partial charge in [0.25, 0.3) is 0 Å². The van der Waals surface area contributed by atoms with Crippen molar-refractivity contribution in [3.05, 3.63) is 51.2 Å². The maximum Gasteiger partial charge on any atom is 0.418 e. The Morgan fingerprint density at radius 3 is 2.68 bits per heavy atom. The number of esters is 1. The predicted octanol–water partition coefficient (Wildman–Crippen LogP) is 1.76. The van der Waals surface area contributed by atoms with Crippen molar-refractivity contribution in [2.45, 2.75) is 6.42 Å². The Hall–Kier alpha value is -2.02. The van der Waals surface area contributed by atoms with E-state index < -0.39 is 16.6 Å². The number of rotatable bonds is 3. The van der Waals surface area contributed by atoms with Crippen LogP contribution in [0.3, 0.4) is 0 Å². The summed E-state index contributed by atoms with van der Waals surface area (Å²) in [6.45, 7) is 0.623. The van der Waals surface area contributed by atoms with E-state index in [2.05, 4.69) is 5.32 Å². The van der Waals surface area contributed by atoms with E-state index in [9.17, 15) is 14.9 Å². The van der Waals surface area contributed by atoms with Crippen molar-refractivity contribution in [2.24, 2.45) is 0 Å². The zero-order chi connectivity index (χ0) is 13.7. The minimum atomic E-state index is -0.951. The second kappa shape index (κ2) is 6.24. The van der Waals surface area contributed by atoms with Gasteiger partial charge in [-0.25, -0.2) is 4.79 Å². The molecular formula is C12H12N2O4S. The second-order valence-electron chi connectivity index (χ2n) is 3.77. The first-order valence-electron chi connectivity index (χ1n) is 5.71. The molecule has 0 atom stereocenters. The summed E-state index contributed by atoms with van der Waals surface area (Å²) < 4.78 is 5.00. The third-order valence-corrected chi connectivity index (χ3v) is 3.52. The van der Waals surface area contributed by atoms with Gasteiger partial charge in [-0.05, 0) is 18.6 Å². The van der Waals surface area contributed by atoms with E-state index in [1.165, 1.54) is 11.8 Å². The molecule has 0 aliphatic carbocycles. The summed E-state index contributed by atoms with van der Waals surface area (Å²) in [5.41, 5.74) is -0.534. The van der Waals surface area contributed by atoms with Crippen LogP contribution >= 0.6 is 11.8 Å². The molecule has 0 spiro atoms. The molecule has 0 radical (unpaired) electrons. The normalized spacial score (nSPS) is 17.3. The summed E-state index contributed by atoms with van der Waals surface area (Å²) in [4.78, 5) is 22.2. The molecule has 0 amide bonds. The van der Waals surface area contributed by atoms with E-state index in [0.29, 0.717) is 6.54 Å². The average molecular weight is 280 g/mol. The molecule has 1 saturated heterocycles. The van der Waals surface area contributed by atoms with Gasteiger partial charge in [0.1, 0.15) is 5.75 Å². The van der Waals surface area contributed by atoms with Crippen LogP contribution < -0.4 is 10.1 Å². The Kier molecular flexibility index (Phi) is 4.40. The van der Waals surface area contributed by atoms with E-state index in [0.717, 1.165) is 12.2 Å². The number of benzene rings is 1. The highest BCUT2D eigenvalue weighted by Crippen LogP contribution is 2.23. The van der Waals surface area contributed by atoms with Crippen LogP contribution in [0.25, 0.3) is 0 Å². The van der Waals surface area contributed by atoms with Gasteiger partial charge in [0, 0.05) is 12.3 Å². The molecule has 19 heavy (non-hydrogen) atoms. The number of hydrogen-bond donors (Lipinski definition) is 1. The number of hydrogen-bond acceptors (Lipinski definition) is 6. The van der Waals surface area contributed by atoms with E-state index >= 15 is 0 Å². The van der Waals surface area contributed by atoms with Crippen LogP contribution in [0.2, 0.25) is 0 Å². The van der Waals surface area contributed by atoms with E-state index in [-0.39, 0.29) is 10.8 Å². The van der Waals surface area contributed by atoms with Crippen LogP contribution in [0.1, 0.15) is 6.42 Å². The summed E-state index contributed by atoms with van der Waals surface area (Å²) in [6.07, 6.45) is 0.910. The minimum absolute atomic E-state index is 0.275. The molecule has 0 bridgehead atoms. The van der Waals surface area contributed by atoms with Gasteiger partial charge in [0.2, 0.25) is 0 Å². The molecule has 7 heteroatoms. The molecule has 1 N–H and O–H groups in total. The highest BCUT2D eigenvalue weighted by Gasteiger charge is 2.31. The van der Waals surface area contributed by atoms with Crippen LogP contribution in [-0.4, -0.2) is 23.2 Å². The topological polar surface area (TPSA) is 81.5 Å². The standard InChI is InChI=1S/C12H12N2O4S/c15-12(18-9-5-2-1-3-6-9)10(14(16)17)11-13-7-4-8-19-11/h1-3,5-6,13H,4,7-8H2/b11-10-. The molecular weight excluding hydrogens is 268 g/mol. The smallest absolute Gasteiger partial charge is 0.418 e. The van der Waals surface area contributed by atoms with Gasteiger partial charge < -0.3 is 10.1 Å². The number of nitro groups is 1. The first-order chi connectivity index (χ1) is 9.18.